The molecule has 1 aliphatic carbocycles. The van der Waals surface area contributed by atoms with E-state index in [1.807, 2.05) is 6.07 Å². The Hall–Kier alpha value is -0.930. The molecule has 1 aromatic carbocycles. The fourth-order valence-corrected chi connectivity index (χ4v) is 1.91. The van der Waals surface area contributed by atoms with Crippen molar-refractivity contribution >= 4 is 0 Å². The van der Waals surface area contributed by atoms with Gasteiger partial charge < -0.3 is 10.1 Å². The highest BCUT2D eigenvalue weighted by Crippen LogP contribution is 2.22. The first-order chi connectivity index (χ1) is 8.79. The lowest BCUT2D eigenvalue weighted by atomic mass is 10.1. The number of rotatable bonds is 8. The average Bonchev–Trinajstić information content (AvgIpc) is 3.17. The van der Waals surface area contributed by atoms with E-state index in [9.17, 15) is 4.39 Å². The molecule has 0 spiro atoms. The van der Waals surface area contributed by atoms with E-state index in [-0.39, 0.29) is 11.9 Å². The van der Waals surface area contributed by atoms with E-state index in [4.69, 9.17) is 4.74 Å². The minimum absolute atomic E-state index is 0.0344. The maximum Gasteiger partial charge on any atom is 0.123 e. The van der Waals surface area contributed by atoms with E-state index in [1.54, 1.807) is 12.1 Å². The van der Waals surface area contributed by atoms with Crippen molar-refractivity contribution in [3.8, 4) is 0 Å². The van der Waals surface area contributed by atoms with E-state index in [0.29, 0.717) is 6.04 Å². The Kier molecular flexibility index (Phi) is 5.14. The van der Waals surface area contributed by atoms with Crippen LogP contribution in [-0.4, -0.2) is 19.2 Å². The number of hydrogen-bond donors (Lipinski definition) is 1. The van der Waals surface area contributed by atoms with E-state index in [0.717, 1.165) is 31.6 Å². The highest BCUT2D eigenvalue weighted by Gasteiger charge is 2.22. The van der Waals surface area contributed by atoms with E-state index >= 15 is 0 Å². The van der Waals surface area contributed by atoms with Gasteiger partial charge in [-0.15, -0.1) is 0 Å². The molecule has 2 rings (SSSR count). The molecule has 1 aliphatic rings. The van der Waals surface area contributed by atoms with Crippen LogP contribution in [0.1, 0.15) is 44.3 Å². The van der Waals surface area contributed by atoms with Gasteiger partial charge in [-0.05, 0) is 37.0 Å². The summed E-state index contributed by atoms with van der Waals surface area (Å²) in [6, 6.07) is 7.38. The number of nitrogens with one attached hydrogen (secondary N) is 1. The first-order valence-corrected chi connectivity index (χ1v) is 6.90. The molecule has 1 N–H and O–H groups in total. The van der Waals surface area contributed by atoms with E-state index < -0.39 is 0 Å². The summed E-state index contributed by atoms with van der Waals surface area (Å²) in [6.07, 6.45) is 4.64. The van der Waals surface area contributed by atoms with Crippen LogP contribution in [0.5, 0.6) is 0 Å². The SMILES string of the molecule is CCCCOC(CNC1CC1)c1cccc(F)c1. The van der Waals surface area contributed by atoms with Crippen molar-refractivity contribution in [2.75, 3.05) is 13.2 Å². The van der Waals surface area contributed by atoms with Gasteiger partial charge in [0.1, 0.15) is 5.82 Å². The zero-order valence-corrected chi connectivity index (χ0v) is 11.0. The molecule has 1 unspecified atom stereocenters. The Morgan fingerprint density at radius 3 is 2.94 bits per heavy atom. The van der Waals surface area contributed by atoms with Crippen LogP contribution in [0.4, 0.5) is 4.39 Å². The largest absolute Gasteiger partial charge is 0.372 e. The normalized spacial score (nSPS) is 16.8. The predicted octanol–water partition coefficient (Wildman–Crippen LogP) is 3.44. The number of ether oxygens (including phenoxy) is 1. The van der Waals surface area contributed by atoms with Gasteiger partial charge in [-0.25, -0.2) is 4.39 Å². The third-order valence-corrected chi connectivity index (χ3v) is 3.21. The zero-order chi connectivity index (χ0) is 12.8. The van der Waals surface area contributed by atoms with Crippen molar-refractivity contribution in [3.05, 3.63) is 35.6 Å². The Balaban J connectivity index is 1.92. The van der Waals surface area contributed by atoms with Crippen LogP contribution >= 0.6 is 0 Å². The van der Waals surface area contributed by atoms with Gasteiger partial charge in [0.15, 0.2) is 0 Å². The molecule has 3 heteroatoms. The summed E-state index contributed by atoms with van der Waals surface area (Å²) in [5.74, 6) is -0.192. The second kappa shape index (κ2) is 6.86. The molecule has 0 aliphatic heterocycles. The maximum absolute atomic E-state index is 13.3. The molecule has 0 amide bonds. The van der Waals surface area contributed by atoms with Crippen LogP contribution in [0.25, 0.3) is 0 Å². The van der Waals surface area contributed by atoms with Crippen molar-refractivity contribution in [1.29, 1.82) is 0 Å². The Bertz CT molecular complexity index is 365. The highest BCUT2D eigenvalue weighted by atomic mass is 19.1. The van der Waals surface area contributed by atoms with Crippen LogP contribution in [0.2, 0.25) is 0 Å². The molecule has 0 bridgehead atoms. The van der Waals surface area contributed by atoms with Gasteiger partial charge in [0.25, 0.3) is 0 Å². The summed E-state index contributed by atoms with van der Waals surface area (Å²) >= 11 is 0. The Morgan fingerprint density at radius 2 is 2.28 bits per heavy atom. The minimum atomic E-state index is -0.192. The highest BCUT2D eigenvalue weighted by molar-refractivity contribution is 5.19. The van der Waals surface area contributed by atoms with Gasteiger partial charge in [-0.2, -0.15) is 0 Å². The summed E-state index contributed by atoms with van der Waals surface area (Å²) in [5, 5.41) is 3.45. The molecule has 0 aromatic heterocycles. The first-order valence-electron chi connectivity index (χ1n) is 6.90. The van der Waals surface area contributed by atoms with Crippen molar-refractivity contribution in [2.24, 2.45) is 0 Å². The number of halogens is 1. The van der Waals surface area contributed by atoms with E-state index in [1.165, 1.54) is 18.9 Å². The lowest BCUT2D eigenvalue weighted by Crippen LogP contribution is -2.25. The monoisotopic (exact) mass is 251 g/mol. The minimum Gasteiger partial charge on any atom is -0.372 e. The van der Waals surface area contributed by atoms with Crippen LogP contribution in [0.3, 0.4) is 0 Å². The Morgan fingerprint density at radius 1 is 1.44 bits per heavy atom. The van der Waals surface area contributed by atoms with Gasteiger partial charge in [0, 0.05) is 19.2 Å². The second-order valence-corrected chi connectivity index (χ2v) is 4.95. The summed E-state index contributed by atoms with van der Waals surface area (Å²) < 4.78 is 19.1. The average molecular weight is 251 g/mol. The summed E-state index contributed by atoms with van der Waals surface area (Å²) in [4.78, 5) is 0. The van der Waals surface area contributed by atoms with Crippen LogP contribution < -0.4 is 5.32 Å². The predicted molar refractivity (Wildman–Crippen MR) is 71.0 cm³/mol. The summed E-state index contributed by atoms with van der Waals surface area (Å²) in [5.41, 5.74) is 0.930. The van der Waals surface area contributed by atoms with Gasteiger partial charge >= 0.3 is 0 Å². The van der Waals surface area contributed by atoms with Crippen LogP contribution in [-0.2, 0) is 4.74 Å². The Labute approximate surface area is 109 Å². The molecule has 2 nitrogen and oxygen atoms in total. The fraction of sp³-hybridized carbons (Fsp3) is 0.600. The number of benzene rings is 1. The fourth-order valence-electron chi connectivity index (χ4n) is 1.91. The molecule has 1 saturated carbocycles. The number of unbranched alkanes of at least 4 members (excludes halogenated alkanes) is 1. The second-order valence-electron chi connectivity index (χ2n) is 4.95. The molecular weight excluding hydrogens is 229 g/mol. The van der Waals surface area contributed by atoms with Gasteiger partial charge in [0.2, 0.25) is 0 Å². The van der Waals surface area contributed by atoms with Crippen molar-refractivity contribution < 1.29 is 9.13 Å². The molecule has 100 valence electrons. The van der Waals surface area contributed by atoms with Crippen LogP contribution in [0.15, 0.2) is 24.3 Å². The zero-order valence-electron chi connectivity index (χ0n) is 11.0. The molecule has 1 atom stereocenters. The molecular formula is C15H22FNO. The quantitative estimate of drug-likeness (QED) is 0.715. The molecule has 0 radical (unpaired) electrons. The summed E-state index contributed by atoms with van der Waals surface area (Å²) in [6.45, 7) is 3.66. The molecule has 1 fully saturated rings. The van der Waals surface area contributed by atoms with E-state index in [2.05, 4.69) is 12.2 Å². The molecule has 18 heavy (non-hydrogen) atoms. The molecule has 0 heterocycles. The summed E-state index contributed by atoms with van der Waals surface area (Å²) in [7, 11) is 0. The third-order valence-electron chi connectivity index (χ3n) is 3.21. The maximum atomic E-state index is 13.3. The third kappa shape index (κ3) is 4.39. The topological polar surface area (TPSA) is 21.3 Å². The lowest BCUT2D eigenvalue weighted by molar-refractivity contribution is 0.0502. The van der Waals surface area contributed by atoms with Gasteiger partial charge in [-0.1, -0.05) is 25.5 Å². The van der Waals surface area contributed by atoms with Crippen molar-refractivity contribution in [3.63, 3.8) is 0 Å². The number of hydrogen-bond acceptors (Lipinski definition) is 2. The van der Waals surface area contributed by atoms with Gasteiger partial charge in [0.05, 0.1) is 6.10 Å². The lowest BCUT2D eigenvalue weighted by Gasteiger charge is -2.19. The smallest absolute Gasteiger partial charge is 0.123 e. The van der Waals surface area contributed by atoms with Gasteiger partial charge in [-0.3, -0.25) is 0 Å². The molecule has 1 aromatic rings. The first kappa shape index (κ1) is 13.5. The van der Waals surface area contributed by atoms with Crippen molar-refractivity contribution in [1.82, 2.24) is 5.32 Å². The van der Waals surface area contributed by atoms with Crippen LogP contribution in [0, 0.1) is 5.82 Å². The standard InChI is InChI=1S/C15H22FNO/c1-2-3-9-18-15(11-17-14-7-8-14)12-5-4-6-13(16)10-12/h4-6,10,14-15,17H,2-3,7-9,11H2,1H3. The molecule has 0 saturated heterocycles. The van der Waals surface area contributed by atoms with Crippen molar-refractivity contribution in [2.45, 2.75) is 44.8 Å².